The van der Waals surface area contributed by atoms with Crippen LogP contribution in [0.5, 0.6) is 0 Å². The van der Waals surface area contributed by atoms with E-state index in [1.807, 2.05) is 26.2 Å². The van der Waals surface area contributed by atoms with Gasteiger partial charge in [-0.05, 0) is 33.0 Å². The number of likely N-dealkylation sites (N-methyl/N-ethyl adjacent to an activating group) is 1. The first-order valence-electron chi connectivity index (χ1n) is 8.32. The second kappa shape index (κ2) is 11.1. The van der Waals surface area contributed by atoms with Crippen molar-refractivity contribution in [1.29, 1.82) is 0 Å². The largest absolute Gasteiger partial charge is 0.306 e. The molecule has 0 heterocycles. The lowest BCUT2D eigenvalue weighted by molar-refractivity contribution is -0.123. The van der Waals surface area contributed by atoms with E-state index in [-0.39, 0.29) is 5.41 Å². The fourth-order valence-corrected chi connectivity index (χ4v) is 2.45. The molecule has 0 radical (unpaired) electrons. The average molecular weight is 281 g/mol. The highest BCUT2D eigenvalue weighted by Gasteiger charge is 2.29. The van der Waals surface area contributed by atoms with Gasteiger partial charge < -0.3 is 4.90 Å². The number of nitrogens with zero attached hydrogens (tertiary/aromatic N) is 1. The van der Waals surface area contributed by atoms with Crippen molar-refractivity contribution in [3.63, 3.8) is 0 Å². The van der Waals surface area contributed by atoms with Gasteiger partial charge >= 0.3 is 0 Å². The smallest absolute Gasteiger partial charge is 0.161 e. The number of unbranched alkanes of at least 4 members (excludes halogenated alkanes) is 4. The average Bonchev–Trinajstić information content (AvgIpc) is 2.41. The number of ketones is 1. The third-order valence-corrected chi connectivity index (χ3v) is 4.00. The Kier molecular flexibility index (Phi) is 10.7. The summed E-state index contributed by atoms with van der Waals surface area (Å²) in [5.41, 5.74) is -0.146. The molecule has 0 spiro atoms. The molecular weight excluding hydrogens is 246 g/mol. The molecule has 0 aliphatic heterocycles. The molecule has 0 fully saturated rings. The van der Waals surface area contributed by atoms with E-state index in [4.69, 9.17) is 0 Å². The summed E-state index contributed by atoms with van der Waals surface area (Å²) < 4.78 is 0. The van der Waals surface area contributed by atoms with E-state index < -0.39 is 0 Å². The molecule has 0 aromatic carbocycles. The molecule has 0 saturated heterocycles. The van der Waals surface area contributed by atoms with Crippen molar-refractivity contribution < 1.29 is 4.79 Å². The van der Waals surface area contributed by atoms with Crippen molar-refractivity contribution in [2.75, 3.05) is 20.6 Å². The van der Waals surface area contributed by atoms with Crippen LogP contribution in [0.4, 0.5) is 0 Å². The minimum absolute atomic E-state index is 0.146. The standard InChI is InChI=1S/C18H35NO/c1-6-8-10-11-15-18(3,14-9-7-2)17(20)13-12-16-19(4)5/h12-13H,6-11,14-16H2,1-5H3/b13-12+. The van der Waals surface area contributed by atoms with Crippen molar-refractivity contribution in [2.24, 2.45) is 5.41 Å². The quantitative estimate of drug-likeness (QED) is 0.377. The van der Waals surface area contributed by atoms with Gasteiger partial charge in [-0.3, -0.25) is 4.79 Å². The minimum Gasteiger partial charge on any atom is -0.306 e. The van der Waals surface area contributed by atoms with Gasteiger partial charge in [-0.15, -0.1) is 0 Å². The SMILES string of the molecule is CCCCCCC(C)(CCCC)C(=O)/C=C/CN(C)C. The number of carbonyl (C=O) groups excluding carboxylic acids is 1. The first kappa shape index (κ1) is 19.4. The zero-order valence-corrected chi connectivity index (χ0v) is 14.4. The molecule has 118 valence electrons. The zero-order valence-electron chi connectivity index (χ0n) is 14.4. The number of hydrogen-bond acceptors (Lipinski definition) is 2. The maximum Gasteiger partial charge on any atom is 0.161 e. The Bertz CT molecular complexity index is 283. The Labute approximate surface area is 126 Å². The second-order valence-corrected chi connectivity index (χ2v) is 6.50. The first-order valence-corrected chi connectivity index (χ1v) is 8.32. The number of hydrogen-bond donors (Lipinski definition) is 0. The molecule has 1 atom stereocenters. The van der Waals surface area contributed by atoms with Crippen LogP contribution >= 0.6 is 0 Å². The summed E-state index contributed by atoms with van der Waals surface area (Å²) in [5.74, 6) is 0.323. The highest BCUT2D eigenvalue weighted by atomic mass is 16.1. The van der Waals surface area contributed by atoms with Crippen molar-refractivity contribution in [1.82, 2.24) is 4.90 Å². The molecule has 1 unspecified atom stereocenters. The molecule has 0 N–H and O–H groups in total. The zero-order chi connectivity index (χ0) is 15.4. The predicted octanol–water partition coefficient (Wildman–Crippen LogP) is 4.84. The summed E-state index contributed by atoms with van der Waals surface area (Å²) >= 11 is 0. The molecule has 0 amide bonds. The number of allylic oxidation sites excluding steroid dienone is 1. The van der Waals surface area contributed by atoms with Crippen LogP contribution in [0.1, 0.15) is 72.1 Å². The molecule has 2 nitrogen and oxygen atoms in total. The molecule has 0 saturated carbocycles. The highest BCUT2D eigenvalue weighted by molar-refractivity contribution is 5.94. The Morgan fingerprint density at radius 1 is 1.00 bits per heavy atom. The predicted molar refractivity (Wildman–Crippen MR) is 89.1 cm³/mol. The van der Waals surface area contributed by atoms with Crippen LogP contribution in [0.3, 0.4) is 0 Å². The Hall–Kier alpha value is -0.630. The van der Waals surface area contributed by atoms with Gasteiger partial charge in [0.25, 0.3) is 0 Å². The fraction of sp³-hybridized carbons (Fsp3) is 0.833. The lowest BCUT2D eigenvalue weighted by atomic mass is 9.76. The second-order valence-electron chi connectivity index (χ2n) is 6.50. The minimum atomic E-state index is -0.146. The van der Waals surface area contributed by atoms with E-state index in [0.717, 1.165) is 25.8 Å². The summed E-state index contributed by atoms with van der Waals surface area (Å²) in [6, 6.07) is 0. The van der Waals surface area contributed by atoms with E-state index in [1.54, 1.807) is 0 Å². The van der Waals surface area contributed by atoms with Gasteiger partial charge in [0.05, 0.1) is 0 Å². The molecular formula is C18H35NO. The summed E-state index contributed by atoms with van der Waals surface area (Å²) in [4.78, 5) is 14.6. The van der Waals surface area contributed by atoms with E-state index in [0.29, 0.717) is 5.78 Å². The van der Waals surface area contributed by atoms with Crippen LogP contribution in [0.2, 0.25) is 0 Å². The molecule has 0 aromatic rings. The van der Waals surface area contributed by atoms with E-state index in [2.05, 4.69) is 25.7 Å². The topological polar surface area (TPSA) is 20.3 Å². The molecule has 2 heteroatoms. The maximum absolute atomic E-state index is 12.5. The molecule has 20 heavy (non-hydrogen) atoms. The third kappa shape index (κ3) is 8.52. The van der Waals surface area contributed by atoms with Crippen molar-refractivity contribution in [3.8, 4) is 0 Å². The normalized spacial score (nSPS) is 14.9. The highest BCUT2D eigenvalue weighted by Crippen LogP contribution is 2.32. The molecule has 0 aliphatic rings. The van der Waals surface area contributed by atoms with Gasteiger partial charge in [-0.25, -0.2) is 0 Å². The van der Waals surface area contributed by atoms with Gasteiger partial charge in [0, 0.05) is 12.0 Å². The van der Waals surface area contributed by atoms with Crippen molar-refractivity contribution in [2.45, 2.75) is 72.1 Å². The Balaban J connectivity index is 4.48. The van der Waals surface area contributed by atoms with E-state index in [1.165, 1.54) is 32.1 Å². The van der Waals surface area contributed by atoms with E-state index in [9.17, 15) is 4.79 Å². The molecule has 0 aliphatic carbocycles. The van der Waals surface area contributed by atoms with E-state index >= 15 is 0 Å². The first-order chi connectivity index (χ1) is 9.46. The third-order valence-electron chi connectivity index (χ3n) is 4.00. The summed E-state index contributed by atoms with van der Waals surface area (Å²) in [7, 11) is 4.05. The summed E-state index contributed by atoms with van der Waals surface area (Å²) in [6.45, 7) is 7.43. The van der Waals surface area contributed by atoms with Gasteiger partial charge in [0.1, 0.15) is 0 Å². The molecule has 0 aromatic heterocycles. The van der Waals surface area contributed by atoms with Crippen molar-refractivity contribution in [3.05, 3.63) is 12.2 Å². The van der Waals surface area contributed by atoms with Crippen LogP contribution in [-0.2, 0) is 4.79 Å². The Morgan fingerprint density at radius 2 is 1.60 bits per heavy atom. The van der Waals surface area contributed by atoms with Gasteiger partial charge in [0.15, 0.2) is 5.78 Å². The summed E-state index contributed by atoms with van der Waals surface area (Å²) in [6.07, 6.45) is 13.2. The van der Waals surface area contributed by atoms with Crippen LogP contribution < -0.4 is 0 Å². The molecule has 0 bridgehead atoms. The van der Waals surface area contributed by atoms with Crippen molar-refractivity contribution >= 4 is 5.78 Å². The van der Waals surface area contributed by atoms with Crippen LogP contribution in [-0.4, -0.2) is 31.3 Å². The van der Waals surface area contributed by atoms with Gasteiger partial charge in [-0.2, -0.15) is 0 Å². The fourth-order valence-electron chi connectivity index (χ4n) is 2.45. The number of rotatable bonds is 12. The van der Waals surface area contributed by atoms with Crippen LogP contribution in [0.15, 0.2) is 12.2 Å². The number of carbonyl (C=O) groups is 1. The van der Waals surface area contributed by atoms with Gasteiger partial charge in [0.2, 0.25) is 0 Å². The monoisotopic (exact) mass is 281 g/mol. The van der Waals surface area contributed by atoms with Crippen LogP contribution in [0.25, 0.3) is 0 Å². The van der Waals surface area contributed by atoms with Crippen LogP contribution in [0, 0.1) is 5.41 Å². The maximum atomic E-state index is 12.5. The lowest BCUT2D eigenvalue weighted by Crippen LogP contribution is -2.26. The lowest BCUT2D eigenvalue weighted by Gasteiger charge is -2.27. The Morgan fingerprint density at radius 3 is 2.15 bits per heavy atom. The van der Waals surface area contributed by atoms with Gasteiger partial charge in [-0.1, -0.05) is 65.4 Å². The molecule has 0 rings (SSSR count). The summed E-state index contributed by atoms with van der Waals surface area (Å²) in [5, 5.41) is 0.